The zero-order chi connectivity index (χ0) is 14.0. The van der Waals surface area contributed by atoms with Crippen LogP contribution in [0.5, 0.6) is 5.75 Å². The van der Waals surface area contributed by atoms with Crippen LogP contribution in [0.4, 0.5) is 4.39 Å². The molecule has 0 aromatic heterocycles. The molecule has 19 heavy (non-hydrogen) atoms. The third kappa shape index (κ3) is 2.50. The van der Waals surface area contributed by atoms with Gasteiger partial charge in [-0.15, -0.1) is 0 Å². The Bertz CT molecular complexity index is 615. The van der Waals surface area contributed by atoms with Crippen molar-refractivity contribution in [3.8, 4) is 5.75 Å². The van der Waals surface area contributed by atoms with Crippen molar-refractivity contribution in [3.63, 3.8) is 0 Å². The van der Waals surface area contributed by atoms with Crippen molar-refractivity contribution < 1.29 is 13.9 Å². The SMILES string of the molecule is COc1c(C(=O)c2ccc(F)cc2)ccc(C)c1C. The van der Waals surface area contributed by atoms with E-state index in [0.717, 1.165) is 11.1 Å². The van der Waals surface area contributed by atoms with Crippen molar-refractivity contribution in [3.05, 3.63) is 64.5 Å². The van der Waals surface area contributed by atoms with Crippen LogP contribution in [0.25, 0.3) is 0 Å². The largest absolute Gasteiger partial charge is 0.496 e. The quantitative estimate of drug-likeness (QED) is 0.785. The molecule has 0 radical (unpaired) electrons. The fraction of sp³-hybridized carbons (Fsp3) is 0.188. The summed E-state index contributed by atoms with van der Waals surface area (Å²) in [6.45, 7) is 3.87. The van der Waals surface area contributed by atoms with Crippen LogP contribution in [-0.4, -0.2) is 12.9 Å². The lowest BCUT2D eigenvalue weighted by Crippen LogP contribution is -2.06. The Morgan fingerprint density at radius 3 is 2.26 bits per heavy atom. The summed E-state index contributed by atoms with van der Waals surface area (Å²) in [7, 11) is 1.54. The van der Waals surface area contributed by atoms with Crippen LogP contribution in [0, 0.1) is 19.7 Å². The summed E-state index contributed by atoms with van der Waals surface area (Å²) < 4.78 is 18.2. The molecule has 98 valence electrons. The zero-order valence-corrected chi connectivity index (χ0v) is 11.2. The first-order chi connectivity index (χ1) is 9.04. The van der Waals surface area contributed by atoms with Crippen LogP contribution in [0.1, 0.15) is 27.0 Å². The molecular weight excluding hydrogens is 243 g/mol. The molecule has 0 amide bonds. The summed E-state index contributed by atoms with van der Waals surface area (Å²) >= 11 is 0. The van der Waals surface area contributed by atoms with Crippen molar-refractivity contribution >= 4 is 5.78 Å². The summed E-state index contributed by atoms with van der Waals surface area (Å²) in [6, 6.07) is 9.14. The summed E-state index contributed by atoms with van der Waals surface area (Å²) in [4.78, 5) is 12.4. The lowest BCUT2D eigenvalue weighted by atomic mass is 9.97. The molecule has 0 fully saturated rings. The van der Waals surface area contributed by atoms with Crippen LogP contribution in [0.15, 0.2) is 36.4 Å². The molecule has 0 aliphatic rings. The van der Waals surface area contributed by atoms with E-state index in [-0.39, 0.29) is 11.6 Å². The molecule has 0 aliphatic heterocycles. The number of halogens is 1. The predicted octanol–water partition coefficient (Wildman–Crippen LogP) is 3.68. The smallest absolute Gasteiger partial charge is 0.196 e. The molecule has 2 aromatic rings. The number of ketones is 1. The van der Waals surface area contributed by atoms with Crippen LogP contribution in [-0.2, 0) is 0 Å². The van der Waals surface area contributed by atoms with Gasteiger partial charge in [0.2, 0.25) is 0 Å². The second-order valence-corrected chi connectivity index (χ2v) is 4.42. The van der Waals surface area contributed by atoms with Crippen molar-refractivity contribution in [2.75, 3.05) is 7.11 Å². The molecule has 0 N–H and O–H groups in total. The van der Waals surface area contributed by atoms with Gasteiger partial charge in [0.1, 0.15) is 11.6 Å². The standard InChI is InChI=1S/C16H15FO2/c1-10-4-9-14(16(19-3)11(10)2)15(18)12-5-7-13(17)8-6-12/h4-9H,1-3H3. The van der Waals surface area contributed by atoms with E-state index in [4.69, 9.17) is 4.74 Å². The highest BCUT2D eigenvalue weighted by molar-refractivity contribution is 6.11. The number of hydrogen-bond acceptors (Lipinski definition) is 2. The molecule has 0 saturated carbocycles. The number of hydrogen-bond donors (Lipinski definition) is 0. The molecule has 0 atom stereocenters. The lowest BCUT2D eigenvalue weighted by molar-refractivity contribution is 0.103. The Balaban J connectivity index is 2.50. The number of carbonyl (C=O) groups is 1. The van der Waals surface area contributed by atoms with Gasteiger partial charge in [0, 0.05) is 5.56 Å². The number of ether oxygens (including phenoxy) is 1. The van der Waals surface area contributed by atoms with Gasteiger partial charge in [-0.3, -0.25) is 4.79 Å². The highest BCUT2D eigenvalue weighted by Crippen LogP contribution is 2.28. The van der Waals surface area contributed by atoms with E-state index in [9.17, 15) is 9.18 Å². The molecule has 0 spiro atoms. The van der Waals surface area contributed by atoms with E-state index in [2.05, 4.69) is 0 Å². The molecular formula is C16H15FO2. The third-order valence-corrected chi connectivity index (χ3v) is 3.23. The minimum atomic E-state index is -0.358. The molecule has 0 unspecified atom stereocenters. The van der Waals surface area contributed by atoms with Crippen LogP contribution in [0.3, 0.4) is 0 Å². The van der Waals surface area contributed by atoms with Crippen LogP contribution < -0.4 is 4.74 Å². The number of carbonyl (C=O) groups excluding carboxylic acids is 1. The van der Waals surface area contributed by atoms with Crippen molar-refractivity contribution in [2.24, 2.45) is 0 Å². The van der Waals surface area contributed by atoms with Crippen molar-refractivity contribution in [1.29, 1.82) is 0 Å². The van der Waals surface area contributed by atoms with Gasteiger partial charge in [0.05, 0.1) is 12.7 Å². The molecule has 0 saturated heterocycles. The Morgan fingerprint density at radius 2 is 1.68 bits per heavy atom. The predicted molar refractivity (Wildman–Crippen MR) is 72.3 cm³/mol. The highest BCUT2D eigenvalue weighted by atomic mass is 19.1. The van der Waals surface area contributed by atoms with E-state index in [1.54, 1.807) is 13.2 Å². The first kappa shape index (κ1) is 13.3. The van der Waals surface area contributed by atoms with Crippen LogP contribution >= 0.6 is 0 Å². The Morgan fingerprint density at radius 1 is 1.05 bits per heavy atom. The first-order valence-corrected chi connectivity index (χ1v) is 5.99. The number of methoxy groups -OCH3 is 1. The first-order valence-electron chi connectivity index (χ1n) is 5.99. The molecule has 0 heterocycles. The number of benzene rings is 2. The van der Waals surface area contributed by atoms with Crippen LogP contribution in [0.2, 0.25) is 0 Å². The summed E-state index contributed by atoms with van der Waals surface area (Å²) in [6.07, 6.45) is 0. The molecule has 2 nitrogen and oxygen atoms in total. The zero-order valence-electron chi connectivity index (χ0n) is 11.2. The Kier molecular flexibility index (Phi) is 3.65. The van der Waals surface area contributed by atoms with Gasteiger partial charge in [0.25, 0.3) is 0 Å². The van der Waals surface area contributed by atoms with Gasteiger partial charge in [-0.2, -0.15) is 0 Å². The highest BCUT2D eigenvalue weighted by Gasteiger charge is 2.17. The molecule has 0 bridgehead atoms. The maximum atomic E-state index is 12.9. The summed E-state index contributed by atoms with van der Waals surface area (Å²) in [5.41, 5.74) is 2.95. The van der Waals surface area contributed by atoms with E-state index < -0.39 is 0 Å². The van der Waals surface area contributed by atoms with E-state index in [0.29, 0.717) is 16.9 Å². The minimum Gasteiger partial charge on any atom is -0.496 e. The topological polar surface area (TPSA) is 26.3 Å². The second-order valence-electron chi connectivity index (χ2n) is 4.42. The number of aryl methyl sites for hydroxylation is 1. The molecule has 3 heteroatoms. The number of rotatable bonds is 3. The maximum absolute atomic E-state index is 12.9. The van der Waals surface area contributed by atoms with Gasteiger partial charge < -0.3 is 4.74 Å². The second kappa shape index (κ2) is 5.22. The van der Waals surface area contributed by atoms with Gasteiger partial charge in [0.15, 0.2) is 5.78 Å². The fourth-order valence-corrected chi connectivity index (χ4v) is 1.99. The fourth-order valence-electron chi connectivity index (χ4n) is 1.99. The molecule has 2 rings (SSSR count). The Labute approximate surface area is 111 Å². The molecule has 2 aromatic carbocycles. The molecule has 0 aliphatic carbocycles. The minimum absolute atomic E-state index is 0.167. The van der Waals surface area contributed by atoms with E-state index in [1.807, 2.05) is 19.9 Å². The van der Waals surface area contributed by atoms with E-state index >= 15 is 0 Å². The monoisotopic (exact) mass is 258 g/mol. The van der Waals surface area contributed by atoms with Gasteiger partial charge in [-0.05, 0) is 55.3 Å². The Hall–Kier alpha value is -2.16. The normalized spacial score (nSPS) is 10.3. The average Bonchev–Trinajstić information content (AvgIpc) is 2.41. The van der Waals surface area contributed by atoms with E-state index in [1.165, 1.54) is 24.3 Å². The third-order valence-electron chi connectivity index (χ3n) is 3.23. The van der Waals surface area contributed by atoms with Crippen molar-refractivity contribution in [2.45, 2.75) is 13.8 Å². The lowest BCUT2D eigenvalue weighted by Gasteiger charge is -2.12. The average molecular weight is 258 g/mol. The van der Waals surface area contributed by atoms with Crippen molar-refractivity contribution in [1.82, 2.24) is 0 Å². The maximum Gasteiger partial charge on any atom is 0.196 e. The van der Waals surface area contributed by atoms with Gasteiger partial charge in [-0.1, -0.05) is 6.07 Å². The summed E-state index contributed by atoms with van der Waals surface area (Å²) in [5.74, 6) is 0.0536. The summed E-state index contributed by atoms with van der Waals surface area (Å²) in [5, 5.41) is 0. The van der Waals surface area contributed by atoms with Gasteiger partial charge >= 0.3 is 0 Å². The van der Waals surface area contributed by atoms with Gasteiger partial charge in [-0.25, -0.2) is 4.39 Å².